The zero-order valence-electron chi connectivity index (χ0n) is 12.3. The van der Waals surface area contributed by atoms with Crippen molar-refractivity contribution in [2.24, 2.45) is 0 Å². The zero-order valence-corrected chi connectivity index (χ0v) is 13.1. The molecule has 0 spiro atoms. The molecular formula is C14H19NO5S. The van der Waals surface area contributed by atoms with E-state index < -0.39 is 23.9 Å². The maximum atomic E-state index is 12.2. The first-order valence-electron chi connectivity index (χ1n) is 6.75. The summed E-state index contributed by atoms with van der Waals surface area (Å²) in [6, 6.07) is 0.396. The quantitative estimate of drug-likeness (QED) is 0.610. The van der Waals surface area contributed by atoms with Crippen molar-refractivity contribution in [2.45, 2.75) is 33.2 Å². The predicted octanol–water partition coefficient (Wildman–Crippen LogP) is 1.54. The lowest BCUT2D eigenvalue weighted by molar-refractivity contribution is -0.157. The maximum absolute atomic E-state index is 12.2. The summed E-state index contributed by atoms with van der Waals surface area (Å²) in [5, 5.41) is 4.17. The summed E-state index contributed by atoms with van der Waals surface area (Å²) in [5.74, 6) is -2.12. The van der Waals surface area contributed by atoms with Crippen molar-refractivity contribution in [2.75, 3.05) is 13.2 Å². The third-order valence-electron chi connectivity index (χ3n) is 2.65. The molecule has 7 heteroatoms. The Balaban J connectivity index is 2.87. The van der Waals surface area contributed by atoms with Crippen molar-refractivity contribution in [3.05, 3.63) is 21.9 Å². The molecule has 0 radical (unpaired) electrons. The molecule has 0 aliphatic heterocycles. The highest BCUT2D eigenvalue weighted by Gasteiger charge is 2.32. The number of hydrogen-bond donors (Lipinski definition) is 1. The lowest BCUT2D eigenvalue weighted by atomic mass is 10.2. The fourth-order valence-corrected chi connectivity index (χ4v) is 2.57. The maximum Gasteiger partial charge on any atom is 0.340 e. The van der Waals surface area contributed by atoms with Crippen LogP contribution < -0.4 is 5.32 Å². The van der Waals surface area contributed by atoms with Crippen LogP contribution >= 0.6 is 11.3 Å². The highest BCUT2D eigenvalue weighted by molar-refractivity contribution is 7.12. The van der Waals surface area contributed by atoms with E-state index in [1.807, 2.05) is 13.0 Å². The highest BCUT2D eigenvalue weighted by atomic mass is 32.1. The normalized spacial score (nSPS) is 10.3. The van der Waals surface area contributed by atoms with Gasteiger partial charge in [0, 0.05) is 0 Å². The number of nitrogens with one attached hydrogen (secondary N) is 1. The monoisotopic (exact) mass is 313 g/mol. The van der Waals surface area contributed by atoms with Crippen molar-refractivity contribution in [1.82, 2.24) is 5.32 Å². The number of carbonyl (C=O) groups excluding carboxylic acids is 3. The van der Waals surface area contributed by atoms with Crippen LogP contribution in [0.1, 0.15) is 36.0 Å². The summed E-state index contributed by atoms with van der Waals surface area (Å²) in [6.45, 7) is 5.40. The topological polar surface area (TPSA) is 81.7 Å². The molecule has 0 aromatic carbocycles. The van der Waals surface area contributed by atoms with Gasteiger partial charge in [-0.15, -0.1) is 11.3 Å². The largest absolute Gasteiger partial charge is 0.464 e. The third kappa shape index (κ3) is 4.56. The molecule has 0 saturated heterocycles. The van der Waals surface area contributed by atoms with Gasteiger partial charge < -0.3 is 14.8 Å². The summed E-state index contributed by atoms with van der Waals surface area (Å²) in [4.78, 5) is 36.2. The first-order chi connectivity index (χ1) is 10.0. The highest BCUT2D eigenvalue weighted by Crippen LogP contribution is 2.17. The van der Waals surface area contributed by atoms with Crippen LogP contribution in [0.15, 0.2) is 11.4 Å². The average Bonchev–Trinajstić information content (AvgIpc) is 2.93. The van der Waals surface area contributed by atoms with Gasteiger partial charge in [-0.05, 0) is 37.3 Å². The van der Waals surface area contributed by atoms with Gasteiger partial charge in [0.25, 0.3) is 5.91 Å². The summed E-state index contributed by atoms with van der Waals surface area (Å²) in [7, 11) is 0. The SMILES string of the molecule is CCOC(=O)C(NC(=O)c1sccc1CC)C(=O)OCC. The molecule has 0 atom stereocenters. The standard InChI is InChI=1S/C14H19NO5S/c1-4-9-7-8-21-11(9)12(16)15-10(13(17)19-5-2)14(18)20-6-3/h7-8,10H,4-6H2,1-3H3,(H,15,16). The predicted molar refractivity (Wildman–Crippen MR) is 78.2 cm³/mol. The van der Waals surface area contributed by atoms with Crippen molar-refractivity contribution in [1.29, 1.82) is 0 Å². The summed E-state index contributed by atoms with van der Waals surface area (Å²) in [6.07, 6.45) is 0.690. The van der Waals surface area contributed by atoms with Crippen molar-refractivity contribution >= 4 is 29.2 Å². The van der Waals surface area contributed by atoms with E-state index in [4.69, 9.17) is 9.47 Å². The Morgan fingerprint density at radius 1 is 1.14 bits per heavy atom. The van der Waals surface area contributed by atoms with Gasteiger partial charge in [0.05, 0.1) is 18.1 Å². The molecule has 1 aromatic rings. The number of thiophene rings is 1. The molecule has 1 amide bonds. The van der Waals surface area contributed by atoms with Crippen LogP contribution in [0, 0.1) is 0 Å². The van der Waals surface area contributed by atoms with Gasteiger partial charge in [-0.1, -0.05) is 6.92 Å². The molecule has 0 aliphatic carbocycles. The molecule has 0 aliphatic rings. The molecule has 1 N–H and O–H groups in total. The molecule has 0 unspecified atom stereocenters. The molecule has 1 rings (SSSR count). The smallest absolute Gasteiger partial charge is 0.340 e. The second-order valence-electron chi connectivity index (χ2n) is 4.04. The van der Waals surface area contributed by atoms with Crippen molar-refractivity contribution in [3.8, 4) is 0 Å². The molecule has 6 nitrogen and oxygen atoms in total. The minimum atomic E-state index is -1.44. The molecule has 21 heavy (non-hydrogen) atoms. The third-order valence-corrected chi connectivity index (χ3v) is 3.61. The van der Waals surface area contributed by atoms with Crippen LogP contribution in [0.3, 0.4) is 0 Å². The van der Waals surface area contributed by atoms with E-state index in [1.165, 1.54) is 11.3 Å². The fourth-order valence-electron chi connectivity index (χ4n) is 1.68. The number of amides is 1. The van der Waals surface area contributed by atoms with Crippen LogP contribution in [-0.2, 0) is 25.5 Å². The minimum absolute atomic E-state index is 0.115. The van der Waals surface area contributed by atoms with Gasteiger partial charge in [-0.25, -0.2) is 9.59 Å². The second kappa shape index (κ2) is 8.41. The number of aryl methyl sites for hydroxylation is 1. The van der Waals surface area contributed by atoms with E-state index in [1.54, 1.807) is 19.2 Å². The van der Waals surface area contributed by atoms with Gasteiger partial charge in [0.15, 0.2) is 0 Å². The first kappa shape index (κ1) is 17.2. The van der Waals surface area contributed by atoms with E-state index >= 15 is 0 Å². The number of rotatable bonds is 7. The lowest BCUT2D eigenvalue weighted by Gasteiger charge is -2.15. The van der Waals surface area contributed by atoms with Crippen LogP contribution in [-0.4, -0.2) is 37.1 Å². The average molecular weight is 313 g/mol. The van der Waals surface area contributed by atoms with Gasteiger partial charge >= 0.3 is 11.9 Å². The number of hydrogen-bond acceptors (Lipinski definition) is 6. The Labute approximate surface area is 127 Å². The van der Waals surface area contributed by atoms with E-state index in [0.29, 0.717) is 11.3 Å². The van der Waals surface area contributed by atoms with Crippen molar-refractivity contribution in [3.63, 3.8) is 0 Å². The first-order valence-corrected chi connectivity index (χ1v) is 7.63. The Morgan fingerprint density at radius 2 is 1.71 bits per heavy atom. The summed E-state index contributed by atoms with van der Waals surface area (Å²) >= 11 is 1.26. The summed E-state index contributed by atoms with van der Waals surface area (Å²) in [5.41, 5.74) is 0.865. The second-order valence-corrected chi connectivity index (χ2v) is 4.96. The Hall–Kier alpha value is -1.89. The van der Waals surface area contributed by atoms with Crippen LogP contribution in [0.25, 0.3) is 0 Å². The molecule has 0 bridgehead atoms. The van der Waals surface area contributed by atoms with Gasteiger partial charge in [-0.3, -0.25) is 4.79 Å². The molecule has 1 aromatic heterocycles. The van der Waals surface area contributed by atoms with Gasteiger partial charge in [-0.2, -0.15) is 0 Å². The minimum Gasteiger partial charge on any atom is -0.464 e. The summed E-state index contributed by atoms with van der Waals surface area (Å²) < 4.78 is 9.59. The molecule has 116 valence electrons. The van der Waals surface area contributed by atoms with E-state index in [-0.39, 0.29) is 13.2 Å². The van der Waals surface area contributed by atoms with E-state index in [2.05, 4.69) is 5.32 Å². The van der Waals surface area contributed by atoms with E-state index in [9.17, 15) is 14.4 Å². The van der Waals surface area contributed by atoms with Crippen LogP contribution in [0.2, 0.25) is 0 Å². The van der Waals surface area contributed by atoms with Gasteiger partial charge in [0.2, 0.25) is 6.04 Å². The number of carbonyl (C=O) groups is 3. The van der Waals surface area contributed by atoms with Crippen molar-refractivity contribution < 1.29 is 23.9 Å². The molecular weight excluding hydrogens is 294 g/mol. The Kier molecular flexibility index (Phi) is 6.87. The Bertz CT molecular complexity index is 493. The Morgan fingerprint density at radius 3 is 2.19 bits per heavy atom. The van der Waals surface area contributed by atoms with Gasteiger partial charge in [0.1, 0.15) is 0 Å². The molecule has 0 fully saturated rings. The lowest BCUT2D eigenvalue weighted by Crippen LogP contribution is -2.48. The fraction of sp³-hybridized carbons (Fsp3) is 0.500. The zero-order chi connectivity index (χ0) is 15.8. The molecule has 0 saturated carbocycles. The molecule has 1 heterocycles. The van der Waals surface area contributed by atoms with E-state index in [0.717, 1.165) is 5.56 Å². The van der Waals surface area contributed by atoms with Crippen LogP contribution in [0.4, 0.5) is 0 Å². The number of ether oxygens (including phenoxy) is 2. The number of esters is 2. The van der Waals surface area contributed by atoms with Crippen LogP contribution in [0.5, 0.6) is 0 Å².